The number of ether oxygens (including phenoxy) is 1. The quantitative estimate of drug-likeness (QED) is 0.760. The molecule has 1 fully saturated rings. The van der Waals surface area contributed by atoms with Gasteiger partial charge in [-0.05, 0) is 50.1 Å². The van der Waals surface area contributed by atoms with Crippen molar-refractivity contribution in [3.8, 4) is 5.75 Å². The largest absolute Gasteiger partial charge is 0.494 e. The monoisotopic (exact) mass is 401 g/mol. The van der Waals surface area contributed by atoms with Gasteiger partial charge in [-0.25, -0.2) is 0 Å². The summed E-state index contributed by atoms with van der Waals surface area (Å²) in [6.45, 7) is 4.38. The Bertz CT molecular complexity index is 900. The number of hydrogen-bond donors (Lipinski definition) is 2. The SMILES string of the molecule is COc1cc(NC(C)C(=O)Nc2cc(Cl)ccc2C)ccc1N1CCCC1=O. The molecule has 0 radical (unpaired) electrons. The van der Waals surface area contributed by atoms with E-state index in [2.05, 4.69) is 10.6 Å². The summed E-state index contributed by atoms with van der Waals surface area (Å²) in [4.78, 5) is 26.3. The Kier molecular flexibility index (Phi) is 6.09. The van der Waals surface area contributed by atoms with Gasteiger partial charge in [-0.2, -0.15) is 0 Å². The van der Waals surface area contributed by atoms with Crippen molar-refractivity contribution in [1.82, 2.24) is 0 Å². The fraction of sp³-hybridized carbons (Fsp3) is 0.333. The van der Waals surface area contributed by atoms with Gasteiger partial charge in [0, 0.05) is 35.4 Å². The van der Waals surface area contributed by atoms with E-state index in [1.807, 2.05) is 25.1 Å². The number of carbonyl (C=O) groups is 2. The average Bonchev–Trinajstić information content (AvgIpc) is 3.10. The first-order valence-corrected chi connectivity index (χ1v) is 9.59. The average molecular weight is 402 g/mol. The van der Waals surface area contributed by atoms with Crippen LogP contribution in [0.25, 0.3) is 0 Å². The minimum Gasteiger partial charge on any atom is -0.494 e. The van der Waals surface area contributed by atoms with Gasteiger partial charge in [0.1, 0.15) is 11.8 Å². The Morgan fingerprint density at radius 1 is 1.25 bits per heavy atom. The number of carbonyl (C=O) groups excluding carboxylic acids is 2. The molecule has 2 aromatic carbocycles. The van der Waals surface area contributed by atoms with Crippen molar-refractivity contribution in [1.29, 1.82) is 0 Å². The lowest BCUT2D eigenvalue weighted by atomic mass is 10.2. The van der Waals surface area contributed by atoms with Gasteiger partial charge >= 0.3 is 0 Å². The van der Waals surface area contributed by atoms with Gasteiger partial charge in [0.2, 0.25) is 11.8 Å². The highest BCUT2D eigenvalue weighted by molar-refractivity contribution is 6.31. The van der Waals surface area contributed by atoms with Gasteiger partial charge < -0.3 is 20.3 Å². The summed E-state index contributed by atoms with van der Waals surface area (Å²) < 4.78 is 5.46. The van der Waals surface area contributed by atoms with Crippen molar-refractivity contribution in [2.24, 2.45) is 0 Å². The number of aryl methyl sites for hydroxylation is 1. The molecular weight excluding hydrogens is 378 g/mol. The summed E-state index contributed by atoms with van der Waals surface area (Å²) >= 11 is 6.01. The van der Waals surface area contributed by atoms with E-state index in [0.29, 0.717) is 29.4 Å². The van der Waals surface area contributed by atoms with Gasteiger partial charge in [0.25, 0.3) is 0 Å². The molecule has 2 aromatic rings. The highest BCUT2D eigenvalue weighted by Gasteiger charge is 2.25. The number of nitrogens with zero attached hydrogens (tertiary/aromatic N) is 1. The van der Waals surface area contributed by atoms with E-state index in [9.17, 15) is 9.59 Å². The Hall–Kier alpha value is -2.73. The van der Waals surface area contributed by atoms with Crippen LogP contribution in [0.2, 0.25) is 5.02 Å². The standard InChI is InChI=1S/C21H24ClN3O3/c1-13-6-7-15(22)11-17(13)24-21(27)14(2)23-16-8-9-18(19(12-16)28-3)25-10-4-5-20(25)26/h6-9,11-12,14,23H,4-5,10H2,1-3H3,(H,24,27). The molecule has 0 bridgehead atoms. The Labute approximate surface area is 169 Å². The zero-order valence-electron chi connectivity index (χ0n) is 16.2. The molecule has 7 heteroatoms. The van der Waals surface area contributed by atoms with Crippen LogP contribution in [0, 0.1) is 6.92 Å². The summed E-state index contributed by atoms with van der Waals surface area (Å²) in [5, 5.41) is 6.63. The molecule has 2 N–H and O–H groups in total. The lowest BCUT2D eigenvalue weighted by molar-refractivity contribution is -0.117. The summed E-state index contributed by atoms with van der Waals surface area (Å²) in [7, 11) is 1.57. The van der Waals surface area contributed by atoms with Gasteiger partial charge in [0.05, 0.1) is 12.8 Å². The second kappa shape index (κ2) is 8.52. The minimum atomic E-state index is -0.484. The zero-order chi connectivity index (χ0) is 20.3. The third-order valence-electron chi connectivity index (χ3n) is 4.78. The van der Waals surface area contributed by atoms with Gasteiger partial charge in [0.15, 0.2) is 0 Å². The van der Waals surface area contributed by atoms with E-state index >= 15 is 0 Å². The van der Waals surface area contributed by atoms with Crippen molar-refractivity contribution < 1.29 is 14.3 Å². The molecule has 1 aliphatic heterocycles. The third-order valence-corrected chi connectivity index (χ3v) is 5.01. The maximum atomic E-state index is 12.6. The Morgan fingerprint density at radius 3 is 2.71 bits per heavy atom. The molecule has 1 aliphatic rings. The van der Waals surface area contributed by atoms with Crippen molar-refractivity contribution in [2.45, 2.75) is 32.7 Å². The van der Waals surface area contributed by atoms with Crippen LogP contribution >= 0.6 is 11.6 Å². The maximum Gasteiger partial charge on any atom is 0.246 e. The summed E-state index contributed by atoms with van der Waals surface area (Å²) in [6, 6.07) is 10.4. The van der Waals surface area contributed by atoms with E-state index in [1.54, 1.807) is 37.1 Å². The molecule has 1 atom stereocenters. The van der Waals surface area contributed by atoms with Crippen LogP contribution < -0.4 is 20.3 Å². The van der Waals surface area contributed by atoms with Gasteiger partial charge in [-0.1, -0.05) is 17.7 Å². The first-order valence-electron chi connectivity index (χ1n) is 9.21. The first kappa shape index (κ1) is 20.0. The molecule has 0 aliphatic carbocycles. The van der Waals surface area contributed by atoms with E-state index in [1.165, 1.54) is 0 Å². The molecule has 0 saturated carbocycles. The lowest BCUT2D eigenvalue weighted by Crippen LogP contribution is -2.32. The molecule has 2 amide bonds. The highest BCUT2D eigenvalue weighted by atomic mass is 35.5. The van der Waals surface area contributed by atoms with E-state index < -0.39 is 6.04 Å². The Morgan fingerprint density at radius 2 is 2.04 bits per heavy atom. The van der Waals surface area contributed by atoms with Crippen LogP contribution in [-0.2, 0) is 9.59 Å². The van der Waals surface area contributed by atoms with Crippen LogP contribution in [0.5, 0.6) is 5.75 Å². The number of halogens is 1. The second-order valence-corrected chi connectivity index (χ2v) is 7.29. The van der Waals surface area contributed by atoms with E-state index in [0.717, 1.165) is 23.4 Å². The smallest absolute Gasteiger partial charge is 0.246 e. The maximum absolute atomic E-state index is 12.6. The van der Waals surface area contributed by atoms with Crippen molar-refractivity contribution in [3.63, 3.8) is 0 Å². The molecule has 28 heavy (non-hydrogen) atoms. The summed E-state index contributed by atoms with van der Waals surface area (Å²) in [6.07, 6.45) is 1.41. The predicted molar refractivity (Wildman–Crippen MR) is 112 cm³/mol. The normalized spacial score (nSPS) is 14.7. The van der Waals surface area contributed by atoms with Crippen LogP contribution in [0.1, 0.15) is 25.3 Å². The molecule has 1 unspecified atom stereocenters. The first-order chi connectivity index (χ1) is 13.4. The number of benzene rings is 2. The number of anilines is 3. The Balaban J connectivity index is 1.71. The topological polar surface area (TPSA) is 70.7 Å². The molecule has 148 valence electrons. The van der Waals surface area contributed by atoms with Crippen molar-refractivity contribution in [2.75, 3.05) is 29.2 Å². The molecule has 6 nitrogen and oxygen atoms in total. The summed E-state index contributed by atoms with van der Waals surface area (Å²) in [5.41, 5.74) is 3.11. The molecule has 3 rings (SSSR count). The summed E-state index contributed by atoms with van der Waals surface area (Å²) in [5.74, 6) is 0.519. The number of amides is 2. The van der Waals surface area contributed by atoms with Crippen molar-refractivity contribution in [3.05, 3.63) is 47.0 Å². The number of hydrogen-bond acceptors (Lipinski definition) is 4. The van der Waals surface area contributed by atoms with Gasteiger partial charge in [-0.3, -0.25) is 9.59 Å². The van der Waals surface area contributed by atoms with Crippen LogP contribution in [0.3, 0.4) is 0 Å². The fourth-order valence-electron chi connectivity index (χ4n) is 3.18. The molecule has 0 spiro atoms. The fourth-order valence-corrected chi connectivity index (χ4v) is 3.35. The van der Waals surface area contributed by atoms with Crippen LogP contribution in [0.4, 0.5) is 17.1 Å². The minimum absolute atomic E-state index is 0.101. The van der Waals surface area contributed by atoms with E-state index in [4.69, 9.17) is 16.3 Å². The third kappa shape index (κ3) is 4.39. The number of nitrogens with one attached hydrogen (secondary N) is 2. The number of methoxy groups -OCH3 is 1. The zero-order valence-corrected chi connectivity index (χ0v) is 17.0. The van der Waals surface area contributed by atoms with Crippen LogP contribution in [0.15, 0.2) is 36.4 Å². The molecule has 0 aromatic heterocycles. The lowest BCUT2D eigenvalue weighted by Gasteiger charge is -2.21. The predicted octanol–water partition coefficient (Wildman–Crippen LogP) is 4.22. The second-order valence-electron chi connectivity index (χ2n) is 6.85. The van der Waals surface area contributed by atoms with Gasteiger partial charge in [-0.15, -0.1) is 0 Å². The highest BCUT2D eigenvalue weighted by Crippen LogP contribution is 2.34. The molecular formula is C21H24ClN3O3. The molecule has 1 heterocycles. The van der Waals surface area contributed by atoms with Crippen LogP contribution in [-0.4, -0.2) is 31.5 Å². The molecule has 1 saturated heterocycles. The number of rotatable bonds is 6. The van der Waals surface area contributed by atoms with Crippen molar-refractivity contribution >= 4 is 40.5 Å². The van der Waals surface area contributed by atoms with E-state index in [-0.39, 0.29) is 11.8 Å².